The zero-order chi connectivity index (χ0) is 10.2. The Morgan fingerprint density at radius 2 is 1.21 bits per heavy atom. The van der Waals surface area contributed by atoms with Gasteiger partial charge in [-0.15, -0.1) is 0 Å². The predicted molar refractivity (Wildman–Crippen MR) is 81.1 cm³/mol. The van der Waals surface area contributed by atoms with E-state index in [1.807, 2.05) is 0 Å². The van der Waals surface area contributed by atoms with E-state index in [-0.39, 0.29) is 0 Å². The Kier molecular flexibility index (Phi) is 1.35. The Morgan fingerprint density at radius 3 is 1.57 bits per heavy atom. The molecule has 73 valence electrons. The van der Waals surface area contributed by atoms with Crippen molar-refractivity contribution in [2.75, 3.05) is 0 Å². The first kappa shape index (κ1) is 10.2. The second-order valence-corrected chi connectivity index (χ2v) is 104. The van der Waals surface area contributed by atoms with Crippen LogP contribution in [0.25, 0.3) is 0 Å². The average Bonchev–Trinajstić information content (AvgIpc) is 2.10. The average molecular weight is 420 g/mol. The summed E-state index contributed by atoms with van der Waals surface area (Å²) in [4.78, 5) is 0. The van der Waals surface area contributed by atoms with Crippen LogP contribution >= 0.6 is 66.5 Å². The SMILES string of the molecule is Cl[Si]12B3[Si]4(Cl)[Si]1[Si]1(Cl)[Si]2(Cl)[Si]3(Cl)[Si]41Cl. The van der Waals surface area contributed by atoms with Gasteiger partial charge in [0.2, 0.25) is 0 Å². The summed E-state index contributed by atoms with van der Waals surface area (Å²) in [5.41, 5.74) is 0.655. The molecule has 14 heavy (non-hydrogen) atoms. The molecule has 6 heterocycles. The zero-order valence-corrected chi connectivity index (χ0v) is 17.9. The molecule has 0 spiro atoms. The van der Waals surface area contributed by atoms with Gasteiger partial charge in [0.25, 0.3) is 0 Å². The van der Waals surface area contributed by atoms with Gasteiger partial charge in [0.05, 0.1) is 7.35 Å². The van der Waals surface area contributed by atoms with E-state index >= 15 is 0 Å². The maximum absolute atomic E-state index is 6.83. The number of halogens is 6. The molecule has 0 aromatic heterocycles. The normalized spacial score (nSPS) is 90.0. The molecule has 14 heteroatoms. The third-order valence-corrected chi connectivity index (χ3v) is 300. The van der Waals surface area contributed by atoms with Gasteiger partial charge in [-0.1, -0.05) is 0 Å². The van der Waals surface area contributed by atoms with E-state index < -0.39 is 44.0 Å². The van der Waals surface area contributed by atoms with E-state index in [1.165, 1.54) is 0 Å². The summed E-state index contributed by atoms with van der Waals surface area (Å²) in [6, 6.07) is 0. The standard InChI is InChI=1S/BCl6Si7/c2-9-1-10(3)8(9)12(5)13(9,6)11(1,4)14(10,12)7. The van der Waals surface area contributed by atoms with Crippen LogP contribution in [0.5, 0.6) is 0 Å². The van der Waals surface area contributed by atoms with Gasteiger partial charge in [-0.2, -0.15) is 66.5 Å². The van der Waals surface area contributed by atoms with Gasteiger partial charge in [-0.05, 0) is 0 Å². The number of hydrogen-bond acceptors (Lipinski definition) is 0. The molecule has 6 fully saturated rings. The van der Waals surface area contributed by atoms with Crippen LogP contribution in [0.2, 0.25) is 0 Å². The fourth-order valence-electron chi connectivity index (χ4n) is 4.95. The third kappa shape index (κ3) is 0.361. The lowest BCUT2D eigenvalue weighted by Crippen LogP contribution is -3.56. The first-order valence-corrected chi connectivity index (χ1v) is 33.1. The lowest BCUT2D eigenvalue weighted by Gasteiger charge is -3.12. The smallest absolute Gasteiger partial charge is 0.168 e. The van der Waals surface area contributed by atoms with Crippen molar-refractivity contribution in [1.82, 2.24) is 0 Å². The van der Waals surface area contributed by atoms with Crippen molar-refractivity contribution in [3.8, 4) is 0 Å². The van der Waals surface area contributed by atoms with Crippen molar-refractivity contribution in [3.05, 3.63) is 0 Å². The summed E-state index contributed by atoms with van der Waals surface area (Å²) in [7, 11) is -0.467. The zero-order valence-electron chi connectivity index (χ0n) is 6.35. The molecule has 6 aliphatic rings. The lowest BCUT2D eigenvalue weighted by atomic mass is 10.6. The van der Waals surface area contributed by atoms with Crippen molar-refractivity contribution < 1.29 is 0 Å². The van der Waals surface area contributed by atoms with Crippen molar-refractivity contribution in [3.63, 3.8) is 0 Å². The molecule has 0 N–H and O–H groups in total. The van der Waals surface area contributed by atoms with E-state index in [2.05, 4.69) is 0 Å². The Bertz CT molecular complexity index is 401. The molecule has 4 unspecified atom stereocenters. The topological polar surface area (TPSA) is 0 Å². The quantitative estimate of drug-likeness (QED) is 0.407. The highest BCUT2D eigenvalue weighted by Gasteiger charge is 3.36. The van der Waals surface area contributed by atoms with Gasteiger partial charge >= 0.3 is 0 Å². The van der Waals surface area contributed by atoms with E-state index in [0.717, 1.165) is 0 Å². The predicted octanol–water partition coefficient (Wildman–Crippen LogP) is 1.09. The molecule has 6 aliphatic heterocycles. The summed E-state index contributed by atoms with van der Waals surface area (Å²) >= 11 is 40.9. The summed E-state index contributed by atoms with van der Waals surface area (Å²) < 4.78 is 0. The maximum Gasteiger partial charge on any atom is 0.168 e. The molecular weight excluding hydrogens is 420 g/mol. The molecule has 0 aromatic carbocycles. The van der Waals surface area contributed by atoms with Gasteiger partial charge in [-0.25, -0.2) is 0 Å². The van der Waals surface area contributed by atoms with Crippen LogP contribution in [0, 0.1) is 0 Å². The van der Waals surface area contributed by atoms with Gasteiger partial charge in [-0.3, -0.25) is 0 Å². The Hall–Kier alpha value is 3.32. The first-order valence-electron chi connectivity index (χ1n) is 4.25. The monoisotopic (exact) mass is 417 g/mol. The van der Waals surface area contributed by atoms with Gasteiger partial charge in [0.1, 0.15) is 18.9 Å². The second kappa shape index (κ2) is 1.87. The summed E-state index contributed by atoms with van der Waals surface area (Å²) in [6.45, 7) is 0. The second-order valence-electron chi connectivity index (χ2n) is 4.92. The van der Waals surface area contributed by atoms with Crippen LogP contribution in [0.3, 0.4) is 0 Å². The molecule has 6 rings (SSSR count). The highest BCUT2D eigenvalue weighted by Crippen LogP contribution is 2.97. The fourth-order valence-corrected chi connectivity index (χ4v) is 711. The fraction of sp³-hybridized carbons (Fsp3) is 0. The van der Waals surface area contributed by atoms with Crippen molar-refractivity contribution in [2.24, 2.45) is 0 Å². The van der Waals surface area contributed by atoms with Crippen LogP contribution in [0.15, 0.2) is 0 Å². The minimum Gasteiger partial charge on any atom is -0.183 e. The van der Waals surface area contributed by atoms with Crippen LogP contribution < -0.4 is 0 Å². The minimum absolute atomic E-state index is 0.467. The van der Waals surface area contributed by atoms with Crippen LogP contribution in [-0.4, -0.2) is 49.5 Å². The minimum atomic E-state index is -1.75. The first-order chi connectivity index (χ1) is 6.23. The van der Waals surface area contributed by atoms with Crippen LogP contribution in [-0.2, 0) is 0 Å². The Labute approximate surface area is 114 Å². The van der Waals surface area contributed by atoms with Crippen LogP contribution in [0.1, 0.15) is 0 Å². The van der Waals surface area contributed by atoms with Crippen molar-refractivity contribution in [2.45, 2.75) is 0 Å². The van der Waals surface area contributed by atoms with Gasteiger partial charge in [0.15, 0.2) is 23.3 Å². The van der Waals surface area contributed by atoms with E-state index in [9.17, 15) is 0 Å². The van der Waals surface area contributed by atoms with Gasteiger partial charge < -0.3 is 0 Å². The molecule has 0 aromatic rings. The maximum atomic E-state index is 6.83. The molecule has 4 atom stereocenters. The lowest BCUT2D eigenvalue weighted by molar-refractivity contribution is 2.53. The van der Waals surface area contributed by atoms with Gasteiger partial charge in [0, 0.05) is 0 Å². The summed E-state index contributed by atoms with van der Waals surface area (Å²) in [5, 5.41) is 0. The van der Waals surface area contributed by atoms with E-state index in [0.29, 0.717) is 5.49 Å². The number of rotatable bonds is 0. The highest BCUT2D eigenvalue weighted by atomic mass is 35.7. The highest BCUT2D eigenvalue weighted by molar-refractivity contribution is 9.01. The molecule has 0 saturated carbocycles. The Morgan fingerprint density at radius 1 is 0.786 bits per heavy atom. The third-order valence-electron chi connectivity index (χ3n) is 5.22. The van der Waals surface area contributed by atoms with Crippen molar-refractivity contribution >= 4 is 116 Å². The van der Waals surface area contributed by atoms with E-state index in [1.54, 1.807) is 0 Å². The molecule has 6 saturated heterocycles. The van der Waals surface area contributed by atoms with Crippen LogP contribution in [0.4, 0.5) is 0 Å². The summed E-state index contributed by atoms with van der Waals surface area (Å²) in [5.74, 6) is -5.15. The number of hydrogen-bond donors (Lipinski definition) is 0. The molecule has 0 bridgehead atoms. The molecule has 0 amide bonds. The summed E-state index contributed by atoms with van der Waals surface area (Å²) in [6.07, 6.45) is -4.80. The largest absolute Gasteiger partial charge is 0.183 e. The molecule has 0 aliphatic carbocycles. The molecule has 0 nitrogen and oxygen atoms in total. The van der Waals surface area contributed by atoms with Crippen molar-refractivity contribution in [1.29, 1.82) is 0 Å². The Balaban J connectivity index is 1.90. The van der Waals surface area contributed by atoms with E-state index in [4.69, 9.17) is 66.5 Å². The molecule has 1 radical (unpaired) electrons. The molecular formula is BCl6Si7.